The minimum Gasteiger partial charge on any atom is -0.341 e. The molecule has 4 aliphatic heterocycles. The Morgan fingerprint density at radius 1 is 0.741 bits per heavy atom. The van der Waals surface area contributed by atoms with Gasteiger partial charge in [-0.3, -0.25) is 9.69 Å². The van der Waals surface area contributed by atoms with E-state index in [1.165, 1.54) is 0 Å². The topological polar surface area (TPSA) is 59.1 Å². The zero-order chi connectivity index (χ0) is 17.9. The van der Waals surface area contributed by atoms with Crippen molar-refractivity contribution < 1.29 is 9.59 Å². The molecule has 0 radical (unpaired) electrons. The Kier molecular flexibility index (Phi) is 7.22. The van der Waals surface area contributed by atoms with Crippen LogP contribution < -0.4 is 5.32 Å². The molecule has 0 bridgehead atoms. The Hall–Kier alpha value is -1.05. The fourth-order valence-electron chi connectivity index (χ4n) is 5.01. The largest absolute Gasteiger partial charge is 0.341 e. The van der Waals surface area contributed by atoms with Gasteiger partial charge in [-0.15, -0.1) is 12.4 Å². The fraction of sp³-hybridized carbons (Fsp3) is 0.895. The smallest absolute Gasteiger partial charge is 0.320 e. The zero-order valence-corrected chi connectivity index (χ0v) is 17.1. The third kappa shape index (κ3) is 4.69. The lowest BCUT2D eigenvalue weighted by Gasteiger charge is -2.36. The van der Waals surface area contributed by atoms with E-state index < -0.39 is 0 Å². The van der Waals surface area contributed by atoms with Crippen molar-refractivity contribution in [2.75, 3.05) is 65.4 Å². The molecule has 0 aliphatic carbocycles. The van der Waals surface area contributed by atoms with Gasteiger partial charge in [-0.25, -0.2) is 4.79 Å². The monoisotopic (exact) mass is 399 g/mol. The number of hydrogen-bond acceptors (Lipinski definition) is 4. The molecule has 2 unspecified atom stereocenters. The first-order valence-electron chi connectivity index (χ1n) is 10.5. The van der Waals surface area contributed by atoms with Gasteiger partial charge in [-0.05, 0) is 32.1 Å². The standard InChI is InChI=1S/C19H33N5O2.ClH/c25-18(23-11-5-17(15-23)21-12-6-20-7-13-21)16-4-3-10-24(14-16)19(26)22-8-1-2-9-22;/h16-17,20H,1-15H2;1H. The van der Waals surface area contributed by atoms with E-state index in [2.05, 4.69) is 15.1 Å². The van der Waals surface area contributed by atoms with E-state index in [1.54, 1.807) is 0 Å². The number of carbonyl (C=O) groups is 2. The van der Waals surface area contributed by atoms with Crippen LogP contribution >= 0.6 is 12.4 Å². The van der Waals surface area contributed by atoms with Crippen LogP contribution in [-0.2, 0) is 4.79 Å². The van der Waals surface area contributed by atoms with Gasteiger partial charge < -0.3 is 20.0 Å². The molecule has 4 fully saturated rings. The summed E-state index contributed by atoms with van der Waals surface area (Å²) in [7, 11) is 0. The van der Waals surface area contributed by atoms with Crippen LogP contribution in [0.2, 0.25) is 0 Å². The molecule has 3 amide bonds. The molecule has 4 heterocycles. The number of piperazine rings is 1. The number of likely N-dealkylation sites (tertiary alicyclic amines) is 3. The lowest BCUT2D eigenvalue weighted by molar-refractivity contribution is -0.136. The molecule has 4 aliphatic rings. The number of piperidine rings is 1. The van der Waals surface area contributed by atoms with Gasteiger partial charge in [0.05, 0.1) is 5.92 Å². The summed E-state index contributed by atoms with van der Waals surface area (Å²) in [5.41, 5.74) is 0. The highest BCUT2D eigenvalue weighted by Crippen LogP contribution is 2.24. The van der Waals surface area contributed by atoms with Crippen LogP contribution in [0.15, 0.2) is 0 Å². The second-order valence-electron chi connectivity index (χ2n) is 8.27. The summed E-state index contributed by atoms with van der Waals surface area (Å²) in [6.07, 6.45) is 5.20. The van der Waals surface area contributed by atoms with Crippen LogP contribution in [0.3, 0.4) is 0 Å². The molecule has 4 rings (SSSR count). The number of nitrogens with one attached hydrogen (secondary N) is 1. The molecule has 27 heavy (non-hydrogen) atoms. The van der Waals surface area contributed by atoms with Gasteiger partial charge in [-0.1, -0.05) is 0 Å². The molecular weight excluding hydrogens is 366 g/mol. The van der Waals surface area contributed by atoms with Crippen molar-refractivity contribution >= 4 is 24.3 Å². The molecule has 0 aromatic carbocycles. The third-order valence-corrected chi connectivity index (χ3v) is 6.56. The number of rotatable bonds is 2. The molecule has 1 N–H and O–H groups in total. The quantitative estimate of drug-likeness (QED) is 0.747. The average Bonchev–Trinajstić information content (AvgIpc) is 3.40. The lowest BCUT2D eigenvalue weighted by atomic mass is 9.97. The Morgan fingerprint density at radius 3 is 2.19 bits per heavy atom. The summed E-state index contributed by atoms with van der Waals surface area (Å²) >= 11 is 0. The van der Waals surface area contributed by atoms with Crippen LogP contribution in [-0.4, -0.2) is 103 Å². The Labute approximate surface area is 168 Å². The van der Waals surface area contributed by atoms with Gasteiger partial charge in [0.15, 0.2) is 0 Å². The van der Waals surface area contributed by atoms with Crippen molar-refractivity contribution in [3.63, 3.8) is 0 Å². The van der Waals surface area contributed by atoms with Crippen molar-refractivity contribution in [3.8, 4) is 0 Å². The highest BCUT2D eigenvalue weighted by molar-refractivity contribution is 5.85. The summed E-state index contributed by atoms with van der Waals surface area (Å²) in [5.74, 6) is 0.277. The van der Waals surface area contributed by atoms with E-state index in [4.69, 9.17) is 0 Å². The Balaban J connectivity index is 0.00000210. The first-order chi connectivity index (χ1) is 12.7. The van der Waals surface area contributed by atoms with Crippen molar-refractivity contribution in [2.24, 2.45) is 5.92 Å². The SMILES string of the molecule is Cl.O=C(C1CCCN(C(=O)N2CCCC2)C1)N1CCC(N2CCNCC2)C1. The predicted molar refractivity (Wildman–Crippen MR) is 107 cm³/mol. The molecule has 0 saturated carbocycles. The number of carbonyl (C=O) groups excluding carboxylic acids is 2. The van der Waals surface area contributed by atoms with E-state index in [1.807, 2.05) is 9.80 Å². The first-order valence-corrected chi connectivity index (χ1v) is 10.5. The molecular formula is C19H34ClN5O2. The van der Waals surface area contributed by atoms with Gasteiger partial charge in [-0.2, -0.15) is 0 Å². The van der Waals surface area contributed by atoms with Gasteiger partial charge >= 0.3 is 6.03 Å². The molecule has 8 heteroatoms. The maximum atomic E-state index is 13.1. The van der Waals surface area contributed by atoms with Crippen LogP contribution in [0.1, 0.15) is 32.1 Å². The van der Waals surface area contributed by atoms with E-state index in [0.717, 1.165) is 91.0 Å². The maximum Gasteiger partial charge on any atom is 0.320 e. The average molecular weight is 400 g/mol. The first kappa shape index (κ1) is 20.7. The van der Waals surface area contributed by atoms with Crippen molar-refractivity contribution in [3.05, 3.63) is 0 Å². The lowest BCUT2D eigenvalue weighted by Crippen LogP contribution is -2.51. The van der Waals surface area contributed by atoms with E-state index in [9.17, 15) is 9.59 Å². The normalized spacial score (nSPS) is 29.7. The molecule has 0 spiro atoms. The molecule has 0 aromatic heterocycles. The van der Waals surface area contributed by atoms with Crippen molar-refractivity contribution in [2.45, 2.75) is 38.1 Å². The fourth-order valence-corrected chi connectivity index (χ4v) is 5.01. The predicted octanol–water partition coefficient (Wildman–Crippen LogP) is 0.842. The molecule has 154 valence electrons. The maximum absolute atomic E-state index is 13.1. The Morgan fingerprint density at radius 2 is 1.44 bits per heavy atom. The third-order valence-electron chi connectivity index (χ3n) is 6.56. The second kappa shape index (κ2) is 9.43. The van der Waals surface area contributed by atoms with Gasteiger partial charge in [0, 0.05) is 71.5 Å². The van der Waals surface area contributed by atoms with E-state index in [-0.39, 0.29) is 30.3 Å². The number of halogens is 1. The number of hydrogen-bond donors (Lipinski definition) is 1. The molecule has 0 aromatic rings. The van der Waals surface area contributed by atoms with Gasteiger partial charge in [0.2, 0.25) is 5.91 Å². The molecule has 2 atom stereocenters. The summed E-state index contributed by atoms with van der Waals surface area (Å²) in [6.45, 7) is 9.23. The summed E-state index contributed by atoms with van der Waals surface area (Å²) in [5, 5.41) is 3.40. The summed E-state index contributed by atoms with van der Waals surface area (Å²) < 4.78 is 0. The van der Waals surface area contributed by atoms with Crippen LogP contribution in [0.4, 0.5) is 4.79 Å². The number of amides is 3. The zero-order valence-electron chi connectivity index (χ0n) is 16.3. The van der Waals surface area contributed by atoms with Gasteiger partial charge in [0.25, 0.3) is 0 Å². The second-order valence-corrected chi connectivity index (χ2v) is 8.27. The van der Waals surface area contributed by atoms with Crippen LogP contribution in [0.25, 0.3) is 0 Å². The van der Waals surface area contributed by atoms with Crippen molar-refractivity contribution in [1.82, 2.24) is 24.9 Å². The summed E-state index contributed by atoms with van der Waals surface area (Å²) in [4.78, 5) is 34.2. The number of nitrogens with zero attached hydrogens (tertiary/aromatic N) is 4. The number of urea groups is 1. The van der Waals surface area contributed by atoms with Crippen LogP contribution in [0.5, 0.6) is 0 Å². The molecule has 7 nitrogen and oxygen atoms in total. The minimum absolute atomic E-state index is 0. The summed E-state index contributed by atoms with van der Waals surface area (Å²) in [6, 6.07) is 0.673. The Bertz CT molecular complexity index is 522. The molecule has 4 saturated heterocycles. The van der Waals surface area contributed by atoms with Gasteiger partial charge in [0.1, 0.15) is 0 Å². The highest BCUT2D eigenvalue weighted by Gasteiger charge is 2.37. The van der Waals surface area contributed by atoms with Crippen molar-refractivity contribution in [1.29, 1.82) is 0 Å². The van der Waals surface area contributed by atoms with Crippen LogP contribution in [0, 0.1) is 5.92 Å². The van der Waals surface area contributed by atoms with E-state index in [0.29, 0.717) is 12.6 Å². The minimum atomic E-state index is -0.00271. The van der Waals surface area contributed by atoms with E-state index >= 15 is 0 Å². The highest BCUT2D eigenvalue weighted by atomic mass is 35.5.